The zero-order valence-electron chi connectivity index (χ0n) is 13.9. The first-order valence-corrected chi connectivity index (χ1v) is 9.92. The second-order valence-electron chi connectivity index (χ2n) is 6.18. The molecule has 1 fully saturated rings. The third kappa shape index (κ3) is 3.38. The molecule has 1 atom stereocenters. The molecule has 3 rings (SSSR count). The molecule has 0 spiro atoms. The first-order chi connectivity index (χ1) is 11.4. The Hall–Kier alpha value is -2.08. The summed E-state index contributed by atoms with van der Waals surface area (Å²) < 4.78 is 29.0. The number of sulfone groups is 1. The lowest BCUT2D eigenvalue weighted by molar-refractivity contribution is 0.0681. The van der Waals surface area contributed by atoms with Crippen molar-refractivity contribution < 1.29 is 17.6 Å². The Balaban J connectivity index is 1.78. The van der Waals surface area contributed by atoms with Crippen molar-refractivity contribution in [2.45, 2.75) is 26.3 Å². The Morgan fingerprint density at radius 2 is 1.92 bits per heavy atom. The largest absolute Gasteiger partial charge is 0.451 e. The minimum atomic E-state index is -3.05. The number of benzene rings is 1. The van der Waals surface area contributed by atoms with Crippen LogP contribution >= 0.6 is 0 Å². The molecule has 1 aliphatic rings. The van der Waals surface area contributed by atoms with Gasteiger partial charge in [0.05, 0.1) is 11.5 Å². The summed E-state index contributed by atoms with van der Waals surface area (Å²) in [6.07, 6.45) is 0.970. The fourth-order valence-corrected chi connectivity index (χ4v) is 4.51. The second kappa shape index (κ2) is 6.43. The van der Waals surface area contributed by atoms with E-state index >= 15 is 0 Å². The van der Waals surface area contributed by atoms with Crippen LogP contribution in [0.3, 0.4) is 0 Å². The molecule has 24 heavy (non-hydrogen) atoms. The zero-order chi connectivity index (χ0) is 17.3. The Morgan fingerprint density at radius 3 is 2.54 bits per heavy atom. The monoisotopic (exact) mass is 347 g/mol. The zero-order valence-corrected chi connectivity index (χ0v) is 14.7. The fourth-order valence-electron chi connectivity index (χ4n) is 2.95. The molecule has 5 nitrogen and oxygen atoms in total. The topological polar surface area (TPSA) is 67.6 Å². The van der Waals surface area contributed by atoms with Gasteiger partial charge in [0.2, 0.25) is 0 Å². The van der Waals surface area contributed by atoms with Gasteiger partial charge in [-0.1, -0.05) is 31.2 Å². The highest BCUT2D eigenvalue weighted by Gasteiger charge is 2.32. The molecule has 2 aromatic rings. The van der Waals surface area contributed by atoms with Gasteiger partial charge in [0.25, 0.3) is 5.91 Å². The van der Waals surface area contributed by atoms with Crippen molar-refractivity contribution in [2.75, 3.05) is 18.1 Å². The molecule has 2 heterocycles. The average Bonchev–Trinajstić information content (AvgIpc) is 3.03. The van der Waals surface area contributed by atoms with Gasteiger partial charge < -0.3 is 9.32 Å². The average molecular weight is 347 g/mol. The van der Waals surface area contributed by atoms with Crippen molar-refractivity contribution in [2.24, 2.45) is 0 Å². The van der Waals surface area contributed by atoms with E-state index in [1.54, 1.807) is 24.0 Å². The maximum Gasteiger partial charge on any atom is 0.289 e. The van der Waals surface area contributed by atoms with Crippen LogP contribution in [0.25, 0.3) is 11.3 Å². The summed E-state index contributed by atoms with van der Waals surface area (Å²) >= 11 is 0. The number of carbonyl (C=O) groups is 1. The number of aryl methyl sites for hydroxylation is 1. The van der Waals surface area contributed by atoms with E-state index in [9.17, 15) is 13.2 Å². The Bertz CT molecular complexity index is 836. The van der Waals surface area contributed by atoms with Crippen LogP contribution in [0.4, 0.5) is 0 Å². The highest BCUT2D eigenvalue weighted by atomic mass is 32.2. The fraction of sp³-hybridized carbons (Fsp3) is 0.389. The lowest BCUT2D eigenvalue weighted by Crippen LogP contribution is -2.49. The Labute approximate surface area is 142 Å². The van der Waals surface area contributed by atoms with Crippen molar-refractivity contribution in [1.82, 2.24) is 4.90 Å². The molecule has 0 bridgehead atoms. The number of carbonyl (C=O) groups excluding carboxylic acids is 1. The lowest BCUT2D eigenvalue weighted by Gasteiger charge is -2.32. The molecule has 0 N–H and O–H groups in total. The van der Waals surface area contributed by atoms with E-state index in [1.807, 2.05) is 24.3 Å². The highest BCUT2D eigenvalue weighted by Crippen LogP contribution is 2.24. The van der Waals surface area contributed by atoms with E-state index < -0.39 is 9.84 Å². The second-order valence-corrected chi connectivity index (χ2v) is 8.41. The summed E-state index contributed by atoms with van der Waals surface area (Å²) in [5.74, 6) is 0.641. The molecule has 1 unspecified atom stereocenters. The summed E-state index contributed by atoms with van der Waals surface area (Å²) in [7, 11) is -3.05. The number of nitrogens with zero attached hydrogens (tertiary/aromatic N) is 1. The van der Waals surface area contributed by atoms with Crippen molar-refractivity contribution in [3.63, 3.8) is 0 Å². The van der Waals surface area contributed by atoms with E-state index in [-0.39, 0.29) is 35.8 Å². The number of amides is 1. The van der Waals surface area contributed by atoms with E-state index in [0.29, 0.717) is 5.76 Å². The van der Waals surface area contributed by atoms with Gasteiger partial charge in [-0.05, 0) is 31.0 Å². The van der Waals surface area contributed by atoms with Crippen LogP contribution in [0.1, 0.15) is 30.0 Å². The molecule has 0 aliphatic carbocycles. The molecule has 1 aromatic carbocycles. The molecule has 1 amide bonds. The third-order valence-electron chi connectivity index (χ3n) is 4.39. The van der Waals surface area contributed by atoms with Crippen molar-refractivity contribution in [3.8, 4) is 11.3 Å². The SMILES string of the molecule is CCc1ccc(-c2ccc(C(=O)N3CCS(=O)(=O)CC3C)o2)cc1. The van der Waals surface area contributed by atoms with E-state index in [2.05, 4.69) is 6.92 Å². The quantitative estimate of drug-likeness (QED) is 0.856. The standard InChI is InChI=1S/C18H21NO4S/c1-3-14-4-6-15(7-5-14)16-8-9-17(23-16)18(20)19-10-11-24(21,22)12-13(19)2/h4-9,13H,3,10-12H2,1-2H3. The molecule has 0 saturated carbocycles. The van der Waals surface area contributed by atoms with Crippen LogP contribution in [-0.4, -0.2) is 43.3 Å². The lowest BCUT2D eigenvalue weighted by atomic mass is 10.1. The smallest absolute Gasteiger partial charge is 0.289 e. The molecular weight excluding hydrogens is 326 g/mol. The van der Waals surface area contributed by atoms with E-state index in [0.717, 1.165) is 12.0 Å². The van der Waals surface area contributed by atoms with Gasteiger partial charge in [-0.2, -0.15) is 0 Å². The van der Waals surface area contributed by atoms with Crippen LogP contribution < -0.4 is 0 Å². The van der Waals surface area contributed by atoms with Gasteiger partial charge in [0.1, 0.15) is 5.76 Å². The molecule has 0 radical (unpaired) electrons. The molecule has 128 valence electrons. The number of hydrogen-bond acceptors (Lipinski definition) is 4. The number of furan rings is 1. The molecular formula is C18H21NO4S. The van der Waals surface area contributed by atoms with Crippen LogP contribution in [-0.2, 0) is 16.3 Å². The number of hydrogen-bond donors (Lipinski definition) is 0. The first kappa shape index (κ1) is 16.8. The van der Waals surface area contributed by atoms with Crippen molar-refractivity contribution >= 4 is 15.7 Å². The highest BCUT2D eigenvalue weighted by molar-refractivity contribution is 7.91. The predicted molar refractivity (Wildman–Crippen MR) is 92.7 cm³/mol. The van der Waals surface area contributed by atoms with Gasteiger partial charge >= 0.3 is 0 Å². The van der Waals surface area contributed by atoms with Crippen molar-refractivity contribution in [1.29, 1.82) is 0 Å². The predicted octanol–water partition coefficient (Wildman–Crippen LogP) is 2.77. The third-order valence-corrected chi connectivity index (χ3v) is 6.19. The van der Waals surface area contributed by atoms with Gasteiger partial charge in [-0.15, -0.1) is 0 Å². The van der Waals surface area contributed by atoms with Gasteiger partial charge in [-0.25, -0.2) is 8.42 Å². The van der Waals surface area contributed by atoms with Gasteiger partial charge in [0.15, 0.2) is 15.6 Å². The number of rotatable bonds is 3. The van der Waals surface area contributed by atoms with E-state index in [4.69, 9.17) is 4.42 Å². The minimum Gasteiger partial charge on any atom is -0.451 e. The summed E-state index contributed by atoms with van der Waals surface area (Å²) in [6, 6.07) is 11.1. The first-order valence-electron chi connectivity index (χ1n) is 8.10. The normalized spacial score (nSPS) is 20.1. The molecule has 1 aromatic heterocycles. The Kier molecular flexibility index (Phi) is 4.49. The Morgan fingerprint density at radius 1 is 1.21 bits per heavy atom. The van der Waals surface area contributed by atoms with Crippen LogP contribution in [0.5, 0.6) is 0 Å². The molecule has 6 heteroatoms. The molecule has 1 saturated heterocycles. The summed E-state index contributed by atoms with van der Waals surface area (Å²) in [5.41, 5.74) is 2.16. The summed E-state index contributed by atoms with van der Waals surface area (Å²) in [6.45, 7) is 4.06. The van der Waals surface area contributed by atoms with Gasteiger partial charge in [-0.3, -0.25) is 4.79 Å². The van der Waals surface area contributed by atoms with Gasteiger partial charge in [0, 0.05) is 18.2 Å². The van der Waals surface area contributed by atoms with Crippen molar-refractivity contribution in [3.05, 3.63) is 47.7 Å². The minimum absolute atomic E-state index is 0.00475. The van der Waals surface area contributed by atoms with E-state index in [1.165, 1.54) is 5.56 Å². The maximum atomic E-state index is 12.6. The van der Waals surface area contributed by atoms with Crippen LogP contribution in [0.2, 0.25) is 0 Å². The summed E-state index contributed by atoms with van der Waals surface area (Å²) in [4.78, 5) is 14.2. The molecule has 1 aliphatic heterocycles. The van der Waals surface area contributed by atoms with Crippen LogP contribution in [0.15, 0.2) is 40.8 Å². The summed E-state index contributed by atoms with van der Waals surface area (Å²) in [5, 5.41) is 0. The van der Waals surface area contributed by atoms with Crippen LogP contribution in [0, 0.1) is 0 Å². The maximum absolute atomic E-state index is 12.6.